The molecule has 0 unspecified atom stereocenters. The third-order valence-electron chi connectivity index (χ3n) is 0.387. The van der Waals surface area contributed by atoms with E-state index in [1.807, 2.05) is 0 Å². The zero-order chi connectivity index (χ0) is 7.82. The van der Waals surface area contributed by atoms with Gasteiger partial charge in [-0.2, -0.15) is 0 Å². The highest BCUT2D eigenvalue weighted by atomic mass is 31.2. The first kappa shape index (κ1) is 8.84. The molecule has 0 aliphatic rings. The predicted molar refractivity (Wildman–Crippen MR) is 28.4 cm³/mol. The number of rotatable bonds is 6. The lowest BCUT2D eigenvalue weighted by atomic mass is 11.7. The van der Waals surface area contributed by atoms with E-state index < -0.39 is 8.60 Å². The molecule has 0 saturated carbocycles. The molecule has 0 bridgehead atoms. The summed E-state index contributed by atoms with van der Waals surface area (Å²) in [6.45, 7) is 0.0378. The van der Waals surface area contributed by atoms with Gasteiger partial charge in [0.05, 0.1) is 0 Å². The molecule has 0 rings (SSSR count). The molecule has 56 valence electrons. The standard InChI is InChI=1S/C3H3O6P/c4-1-7-10(8-2-5)9-3-6/h1-3H. The summed E-state index contributed by atoms with van der Waals surface area (Å²) in [7, 11) is -2.17. The number of hydrogen-bond acceptors (Lipinski definition) is 6. The van der Waals surface area contributed by atoms with E-state index in [1.54, 1.807) is 0 Å². The fraction of sp³-hybridized carbons (Fsp3) is 0. The Balaban J connectivity index is 3.58. The van der Waals surface area contributed by atoms with E-state index in [2.05, 4.69) is 13.6 Å². The molecule has 0 aromatic rings. The maximum atomic E-state index is 9.57. The lowest BCUT2D eigenvalue weighted by molar-refractivity contribution is -0.127. The molecule has 0 aromatic carbocycles. The first-order chi connectivity index (χ1) is 4.85. The Morgan fingerprint density at radius 1 is 0.800 bits per heavy atom. The first-order valence-electron chi connectivity index (χ1n) is 1.96. The van der Waals surface area contributed by atoms with Gasteiger partial charge in [-0.05, 0) is 0 Å². The summed E-state index contributed by atoms with van der Waals surface area (Å²) in [6, 6.07) is 0. The normalized spacial score (nSPS) is 8.10. The molecular formula is C3H3O6P. The van der Waals surface area contributed by atoms with Crippen LogP contribution in [0.2, 0.25) is 0 Å². The minimum absolute atomic E-state index is 0.0126. The predicted octanol–water partition coefficient (Wildman–Crippen LogP) is -0.268. The van der Waals surface area contributed by atoms with Crippen LogP contribution in [0.4, 0.5) is 0 Å². The number of carbonyl (C=O) groups excluding carboxylic acids is 3. The van der Waals surface area contributed by atoms with Crippen LogP contribution in [-0.4, -0.2) is 19.4 Å². The van der Waals surface area contributed by atoms with Crippen molar-refractivity contribution in [1.82, 2.24) is 0 Å². The van der Waals surface area contributed by atoms with E-state index in [4.69, 9.17) is 0 Å². The maximum Gasteiger partial charge on any atom is 0.536 e. The Hall–Kier alpha value is -1.16. The molecule has 0 aliphatic carbocycles. The molecule has 0 aromatic heterocycles. The molecule has 10 heavy (non-hydrogen) atoms. The molecule has 6 nitrogen and oxygen atoms in total. The van der Waals surface area contributed by atoms with Gasteiger partial charge < -0.3 is 13.6 Å². The second kappa shape index (κ2) is 5.97. The SMILES string of the molecule is O=COP(OC=O)OC=O. The van der Waals surface area contributed by atoms with Crippen molar-refractivity contribution in [2.45, 2.75) is 0 Å². The summed E-state index contributed by atoms with van der Waals surface area (Å²) in [6.07, 6.45) is 0. The molecule has 0 spiro atoms. The van der Waals surface area contributed by atoms with Crippen LogP contribution in [0, 0.1) is 0 Å². The fourth-order valence-corrected chi connectivity index (χ4v) is 0.540. The highest BCUT2D eigenvalue weighted by Gasteiger charge is 2.13. The molecule has 0 saturated heterocycles. The van der Waals surface area contributed by atoms with E-state index in [0.29, 0.717) is 0 Å². The Morgan fingerprint density at radius 3 is 1.30 bits per heavy atom. The van der Waals surface area contributed by atoms with Gasteiger partial charge in [0.15, 0.2) is 0 Å². The molecule has 0 heterocycles. The summed E-state index contributed by atoms with van der Waals surface area (Å²) in [5, 5.41) is 0. The van der Waals surface area contributed by atoms with Gasteiger partial charge >= 0.3 is 28.0 Å². The monoisotopic (exact) mass is 166 g/mol. The highest BCUT2D eigenvalue weighted by molar-refractivity contribution is 7.43. The molecule has 0 radical (unpaired) electrons. The molecular weight excluding hydrogens is 163 g/mol. The van der Waals surface area contributed by atoms with Crippen LogP contribution in [0.5, 0.6) is 0 Å². The van der Waals surface area contributed by atoms with Gasteiger partial charge in [0.1, 0.15) is 0 Å². The van der Waals surface area contributed by atoms with Crippen molar-refractivity contribution in [2.75, 3.05) is 0 Å². The van der Waals surface area contributed by atoms with Gasteiger partial charge in [-0.25, -0.2) is 0 Å². The molecule has 0 amide bonds. The molecule has 0 N–H and O–H groups in total. The number of carbonyl (C=O) groups is 3. The van der Waals surface area contributed by atoms with Gasteiger partial charge in [0.2, 0.25) is 0 Å². The smallest absolute Gasteiger partial charge is 0.378 e. The molecule has 7 heteroatoms. The topological polar surface area (TPSA) is 78.9 Å². The zero-order valence-corrected chi connectivity index (χ0v) is 5.52. The van der Waals surface area contributed by atoms with Crippen LogP contribution in [0.15, 0.2) is 0 Å². The fourth-order valence-electron chi connectivity index (χ4n) is 0.180. The van der Waals surface area contributed by atoms with Crippen molar-refractivity contribution in [1.29, 1.82) is 0 Å². The van der Waals surface area contributed by atoms with E-state index in [-0.39, 0.29) is 19.4 Å². The molecule has 0 aliphatic heterocycles. The molecule has 0 atom stereocenters. The average Bonchev–Trinajstić information content (AvgIpc) is 1.90. The van der Waals surface area contributed by atoms with Crippen LogP contribution in [0.1, 0.15) is 0 Å². The summed E-state index contributed by atoms with van der Waals surface area (Å²) in [4.78, 5) is 28.7. The van der Waals surface area contributed by atoms with Gasteiger partial charge in [-0.1, -0.05) is 0 Å². The van der Waals surface area contributed by atoms with E-state index in [9.17, 15) is 14.4 Å². The highest BCUT2D eigenvalue weighted by Crippen LogP contribution is 2.36. The quantitative estimate of drug-likeness (QED) is 0.399. The van der Waals surface area contributed by atoms with Gasteiger partial charge in [0, 0.05) is 0 Å². The van der Waals surface area contributed by atoms with Crippen LogP contribution in [-0.2, 0) is 28.0 Å². The average molecular weight is 166 g/mol. The van der Waals surface area contributed by atoms with Crippen LogP contribution in [0.25, 0.3) is 0 Å². The molecule has 0 fully saturated rings. The minimum atomic E-state index is -2.17. The Kier molecular flexibility index (Phi) is 5.28. The summed E-state index contributed by atoms with van der Waals surface area (Å²) >= 11 is 0. The van der Waals surface area contributed by atoms with Crippen LogP contribution < -0.4 is 0 Å². The summed E-state index contributed by atoms with van der Waals surface area (Å²) < 4.78 is 12.0. The maximum absolute atomic E-state index is 9.57. The van der Waals surface area contributed by atoms with Crippen molar-refractivity contribution >= 4 is 28.0 Å². The van der Waals surface area contributed by atoms with Crippen molar-refractivity contribution in [3.63, 3.8) is 0 Å². The third kappa shape index (κ3) is 3.80. The van der Waals surface area contributed by atoms with Crippen LogP contribution in [0.3, 0.4) is 0 Å². The van der Waals surface area contributed by atoms with Crippen molar-refractivity contribution in [2.24, 2.45) is 0 Å². The minimum Gasteiger partial charge on any atom is -0.378 e. The van der Waals surface area contributed by atoms with Gasteiger partial charge in [-0.15, -0.1) is 0 Å². The Bertz CT molecular complexity index is 100. The summed E-state index contributed by atoms with van der Waals surface area (Å²) in [5.74, 6) is 0. The van der Waals surface area contributed by atoms with Crippen molar-refractivity contribution in [3.8, 4) is 0 Å². The van der Waals surface area contributed by atoms with Gasteiger partial charge in [0.25, 0.3) is 0 Å². The lowest BCUT2D eigenvalue weighted by Crippen LogP contribution is -1.90. The van der Waals surface area contributed by atoms with E-state index in [0.717, 1.165) is 0 Å². The third-order valence-corrected chi connectivity index (χ3v) is 1.16. The second-order valence-corrected chi connectivity index (χ2v) is 1.91. The Labute approximate surface area is 57.1 Å². The van der Waals surface area contributed by atoms with Crippen LogP contribution >= 0.6 is 8.60 Å². The van der Waals surface area contributed by atoms with Gasteiger partial charge in [-0.3, -0.25) is 14.4 Å². The summed E-state index contributed by atoms with van der Waals surface area (Å²) in [5.41, 5.74) is 0. The van der Waals surface area contributed by atoms with Crippen molar-refractivity contribution in [3.05, 3.63) is 0 Å². The largest absolute Gasteiger partial charge is 0.536 e. The van der Waals surface area contributed by atoms with Crippen molar-refractivity contribution < 1.29 is 28.0 Å². The first-order valence-corrected chi connectivity index (χ1v) is 3.06. The number of hydrogen-bond donors (Lipinski definition) is 0. The zero-order valence-electron chi connectivity index (χ0n) is 4.63. The van der Waals surface area contributed by atoms with E-state index >= 15 is 0 Å². The second-order valence-electron chi connectivity index (χ2n) is 0.829. The Morgan fingerprint density at radius 2 is 1.10 bits per heavy atom. The van der Waals surface area contributed by atoms with E-state index in [1.165, 1.54) is 0 Å². The lowest BCUT2D eigenvalue weighted by Gasteiger charge is -2.03.